The Kier molecular flexibility index (Phi) is 5.00. The van der Waals surface area contributed by atoms with Gasteiger partial charge in [-0.2, -0.15) is 0 Å². The molecule has 1 saturated heterocycles. The molecule has 0 atom stereocenters. The standard InChI is InChI=1S/C12H18ClN3OS/c1-15(8-10-2-3-11(13)18-10)12(17)9-16-6-4-14-5-7-16/h2-3,14H,4-9H2,1H3. The Morgan fingerprint density at radius 3 is 2.83 bits per heavy atom. The molecule has 0 bridgehead atoms. The number of halogens is 1. The number of thiophene rings is 1. The molecule has 2 heterocycles. The van der Waals surface area contributed by atoms with Gasteiger partial charge in [0.05, 0.1) is 17.4 Å². The first-order valence-electron chi connectivity index (χ1n) is 6.06. The maximum atomic E-state index is 12.1. The molecule has 0 saturated carbocycles. The summed E-state index contributed by atoms with van der Waals surface area (Å²) in [6.07, 6.45) is 0. The van der Waals surface area contributed by atoms with E-state index < -0.39 is 0 Å². The number of nitrogens with zero attached hydrogens (tertiary/aromatic N) is 2. The fraction of sp³-hybridized carbons (Fsp3) is 0.583. The summed E-state index contributed by atoms with van der Waals surface area (Å²) in [5.41, 5.74) is 0. The first-order valence-corrected chi connectivity index (χ1v) is 7.26. The van der Waals surface area contributed by atoms with Crippen molar-refractivity contribution < 1.29 is 4.79 Å². The summed E-state index contributed by atoms with van der Waals surface area (Å²) >= 11 is 7.41. The lowest BCUT2D eigenvalue weighted by atomic mass is 10.3. The molecule has 4 nitrogen and oxygen atoms in total. The van der Waals surface area contributed by atoms with Gasteiger partial charge in [0.2, 0.25) is 5.91 Å². The van der Waals surface area contributed by atoms with Crippen molar-refractivity contribution in [3.63, 3.8) is 0 Å². The van der Waals surface area contributed by atoms with Gasteiger partial charge in [0, 0.05) is 38.1 Å². The highest BCUT2D eigenvalue weighted by Crippen LogP contribution is 2.22. The molecule has 0 unspecified atom stereocenters. The van der Waals surface area contributed by atoms with Gasteiger partial charge in [0.15, 0.2) is 0 Å². The van der Waals surface area contributed by atoms with Gasteiger partial charge >= 0.3 is 0 Å². The van der Waals surface area contributed by atoms with Gasteiger partial charge < -0.3 is 10.2 Å². The highest BCUT2D eigenvalue weighted by Gasteiger charge is 2.16. The smallest absolute Gasteiger partial charge is 0.236 e. The molecule has 0 aliphatic carbocycles. The van der Waals surface area contributed by atoms with Gasteiger partial charge in [-0.25, -0.2) is 0 Å². The Morgan fingerprint density at radius 1 is 1.50 bits per heavy atom. The zero-order valence-corrected chi connectivity index (χ0v) is 12.1. The molecule has 1 aromatic heterocycles. The van der Waals surface area contributed by atoms with E-state index in [0.717, 1.165) is 35.4 Å². The SMILES string of the molecule is CN(Cc1ccc(Cl)s1)C(=O)CN1CCNCC1. The third kappa shape index (κ3) is 3.95. The third-order valence-corrected chi connectivity index (χ3v) is 4.23. The number of carbonyl (C=O) groups is 1. The lowest BCUT2D eigenvalue weighted by Crippen LogP contribution is -2.47. The topological polar surface area (TPSA) is 35.6 Å². The highest BCUT2D eigenvalue weighted by molar-refractivity contribution is 7.16. The van der Waals surface area contributed by atoms with Crippen LogP contribution >= 0.6 is 22.9 Å². The maximum Gasteiger partial charge on any atom is 0.236 e. The number of carbonyl (C=O) groups excluding carboxylic acids is 1. The number of piperazine rings is 1. The van der Waals surface area contributed by atoms with Gasteiger partial charge in [-0.1, -0.05) is 11.6 Å². The lowest BCUT2D eigenvalue weighted by molar-refractivity contribution is -0.131. The van der Waals surface area contributed by atoms with E-state index in [1.807, 2.05) is 19.2 Å². The Labute approximate surface area is 117 Å². The Balaban J connectivity index is 1.80. The Bertz CT molecular complexity index is 404. The summed E-state index contributed by atoms with van der Waals surface area (Å²) in [5.74, 6) is 0.168. The molecular formula is C12H18ClN3OS. The molecule has 100 valence electrons. The minimum absolute atomic E-state index is 0.168. The summed E-state index contributed by atoms with van der Waals surface area (Å²) in [7, 11) is 1.85. The van der Waals surface area contributed by atoms with Crippen molar-refractivity contribution in [3.8, 4) is 0 Å². The molecule has 1 fully saturated rings. The van der Waals surface area contributed by atoms with E-state index in [1.54, 1.807) is 4.90 Å². The van der Waals surface area contributed by atoms with E-state index in [0.29, 0.717) is 13.1 Å². The highest BCUT2D eigenvalue weighted by atomic mass is 35.5. The van der Waals surface area contributed by atoms with Crippen LogP contribution in [-0.2, 0) is 11.3 Å². The Hall–Kier alpha value is -0.620. The summed E-state index contributed by atoms with van der Waals surface area (Å²) in [6, 6.07) is 3.85. The number of likely N-dealkylation sites (N-methyl/N-ethyl adjacent to an activating group) is 1. The van der Waals surface area contributed by atoms with E-state index >= 15 is 0 Å². The summed E-state index contributed by atoms with van der Waals surface area (Å²) in [5, 5.41) is 3.28. The molecule has 1 aliphatic heterocycles. The average molecular weight is 288 g/mol. The normalized spacial score (nSPS) is 16.8. The molecule has 1 aliphatic rings. The fourth-order valence-electron chi connectivity index (χ4n) is 1.94. The predicted octanol–water partition coefficient (Wildman–Crippen LogP) is 1.27. The van der Waals surface area contributed by atoms with Gasteiger partial charge in [-0.3, -0.25) is 9.69 Å². The molecule has 1 aromatic rings. The summed E-state index contributed by atoms with van der Waals surface area (Å²) < 4.78 is 0.771. The van der Waals surface area contributed by atoms with Crippen molar-refractivity contribution in [3.05, 3.63) is 21.3 Å². The third-order valence-electron chi connectivity index (χ3n) is 3.02. The second-order valence-electron chi connectivity index (χ2n) is 4.48. The largest absolute Gasteiger partial charge is 0.340 e. The summed E-state index contributed by atoms with van der Waals surface area (Å²) in [6.45, 7) is 4.99. The van der Waals surface area contributed by atoms with Crippen LogP contribution in [0, 0.1) is 0 Å². The number of nitrogens with one attached hydrogen (secondary N) is 1. The van der Waals surface area contributed by atoms with Gasteiger partial charge in [0.25, 0.3) is 0 Å². The van der Waals surface area contributed by atoms with Crippen LogP contribution in [0.4, 0.5) is 0 Å². The first kappa shape index (κ1) is 13.8. The molecule has 1 N–H and O–H groups in total. The van der Waals surface area contributed by atoms with Crippen LogP contribution in [0.3, 0.4) is 0 Å². The van der Waals surface area contributed by atoms with Crippen LogP contribution in [0.25, 0.3) is 0 Å². The van der Waals surface area contributed by atoms with Crippen molar-refractivity contribution >= 4 is 28.8 Å². The first-order chi connectivity index (χ1) is 8.65. The van der Waals surface area contributed by atoms with E-state index in [2.05, 4.69) is 10.2 Å². The van der Waals surface area contributed by atoms with E-state index in [1.165, 1.54) is 11.3 Å². The molecule has 0 radical (unpaired) electrons. The minimum atomic E-state index is 0.168. The number of amides is 1. The van der Waals surface area contributed by atoms with Gasteiger partial charge in [-0.05, 0) is 12.1 Å². The van der Waals surface area contributed by atoms with Crippen molar-refractivity contribution in [2.75, 3.05) is 39.8 Å². The van der Waals surface area contributed by atoms with Crippen LogP contribution in [0.2, 0.25) is 4.34 Å². The maximum absolute atomic E-state index is 12.1. The summed E-state index contributed by atoms with van der Waals surface area (Å²) in [4.78, 5) is 17.1. The fourth-order valence-corrected chi connectivity index (χ4v) is 3.08. The zero-order valence-electron chi connectivity index (χ0n) is 10.5. The zero-order chi connectivity index (χ0) is 13.0. The van der Waals surface area contributed by atoms with Crippen molar-refractivity contribution in [2.24, 2.45) is 0 Å². The monoisotopic (exact) mass is 287 g/mol. The average Bonchev–Trinajstić information content (AvgIpc) is 2.76. The van der Waals surface area contributed by atoms with Crippen LogP contribution in [-0.4, -0.2) is 55.5 Å². The van der Waals surface area contributed by atoms with Crippen molar-refractivity contribution in [1.82, 2.24) is 15.1 Å². The predicted molar refractivity (Wildman–Crippen MR) is 75.1 cm³/mol. The molecule has 1 amide bonds. The minimum Gasteiger partial charge on any atom is -0.340 e. The quantitative estimate of drug-likeness (QED) is 0.906. The number of hydrogen-bond donors (Lipinski definition) is 1. The molecular weight excluding hydrogens is 270 g/mol. The van der Waals surface area contributed by atoms with E-state index in [9.17, 15) is 4.79 Å². The molecule has 0 spiro atoms. The van der Waals surface area contributed by atoms with Crippen LogP contribution in [0.5, 0.6) is 0 Å². The van der Waals surface area contributed by atoms with Gasteiger partial charge in [-0.15, -0.1) is 11.3 Å². The van der Waals surface area contributed by atoms with Gasteiger partial charge in [0.1, 0.15) is 0 Å². The molecule has 0 aromatic carbocycles. The number of rotatable bonds is 4. The molecule has 18 heavy (non-hydrogen) atoms. The number of hydrogen-bond acceptors (Lipinski definition) is 4. The van der Waals surface area contributed by atoms with Crippen LogP contribution < -0.4 is 5.32 Å². The van der Waals surface area contributed by atoms with Crippen molar-refractivity contribution in [2.45, 2.75) is 6.54 Å². The van der Waals surface area contributed by atoms with Crippen molar-refractivity contribution in [1.29, 1.82) is 0 Å². The molecule has 2 rings (SSSR count). The van der Waals surface area contributed by atoms with Crippen LogP contribution in [0.15, 0.2) is 12.1 Å². The van der Waals surface area contributed by atoms with E-state index in [4.69, 9.17) is 11.6 Å². The van der Waals surface area contributed by atoms with Crippen LogP contribution in [0.1, 0.15) is 4.88 Å². The lowest BCUT2D eigenvalue weighted by Gasteiger charge is -2.28. The Morgan fingerprint density at radius 2 is 2.22 bits per heavy atom. The van der Waals surface area contributed by atoms with E-state index in [-0.39, 0.29) is 5.91 Å². The molecule has 6 heteroatoms. The second-order valence-corrected chi connectivity index (χ2v) is 6.28. The second kappa shape index (κ2) is 6.52.